The van der Waals surface area contributed by atoms with E-state index in [-0.39, 0.29) is 16.2 Å². The zero-order chi connectivity index (χ0) is 51.9. The molecule has 368 valence electrons. The zero-order valence-corrected chi connectivity index (χ0v) is 45.0. The first-order valence-corrected chi connectivity index (χ1v) is 26.9. The molecule has 0 spiro atoms. The van der Waals surface area contributed by atoms with Gasteiger partial charge in [-0.05, 0) is 136 Å². The van der Waals surface area contributed by atoms with Gasteiger partial charge >= 0.3 is 0 Å². The van der Waals surface area contributed by atoms with E-state index in [0.29, 0.717) is 0 Å². The second-order valence-corrected chi connectivity index (χ2v) is 24.1. The third kappa shape index (κ3) is 7.73. The molecule has 0 amide bonds. The van der Waals surface area contributed by atoms with Crippen molar-refractivity contribution in [1.29, 1.82) is 0 Å². The fourth-order valence-corrected chi connectivity index (χ4v) is 12.7. The summed E-state index contributed by atoms with van der Waals surface area (Å²) in [6.45, 7) is 20.7. The summed E-state index contributed by atoms with van der Waals surface area (Å²) in [7, 11) is 0. The van der Waals surface area contributed by atoms with Gasteiger partial charge in [-0.25, -0.2) is 0 Å². The number of anilines is 3. The average Bonchev–Trinajstić information content (AvgIpc) is 3.94. The van der Waals surface area contributed by atoms with Crippen molar-refractivity contribution in [1.82, 2.24) is 0 Å². The largest absolute Gasteiger partial charge is 0.310 e. The van der Waals surface area contributed by atoms with Crippen molar-refractivity contribution in [2.75, 3.05) is 4.90 Å². The molecule has 0 saturated carbocycles. The fourth-order valence-electron chi connectivity index (χ4n) is 12.7. The summed E-state index contributed by atoms with van der Waals surface area (Å²) in [6, 6.07) is 92.6. The molecule has 10 aromatic carbocycles. The van der Waals surface area contributed by atoms with Gasteiger partial charge in [0.25, 0.3) is 0 Å². The molecule has 10 aromatic rings. The standard InChI is InChI=1S/C74H67N/c1-70(2,3)51-32-38-55(39-33-51)73(54-24-14-11-15-25-54)65-29-19-16-27-61(65)63-46-44-58(48-67(63)73)75(69-31-21-18-26-60(69)50-22-12-10-13-23-50)59-45-47-64-62-28-17-20-30-66(62)74(68(64)49-59,56-40-34-52(35-41-56)71(4,5)6)57-42-36-53(37-43-57)72(7,8)9/h10-49H,1-9H3. The van der Waals surface area contributed by atoms with Crippen LogP contribution in [0, 0.1) is 0 Å². The summed E-state index contributed by atoms with van der Waals surface area (Å²) in [4.78, 5) is 2.55. The van der Waals surface area contributed by atoms with Gasteiger partial charge in [-0.2, -0.15) is 0 Å². The van der Waals surface area contributed by atoms with Gasteiger partial charge in [0.1, 0.15) is 0 Å². The van der Waals surface area contributed by atoms with E-state index in [2.05, 4.69) is 310 Å². The summed E-state index contributed by atoms with van der Waals surface area (Å²) in [5, 5.41) is 0. The van der Waals surface area contributed by atoms with E-state index in [0.717, 1.165) is 17.1 Å². The third-order valence-corrected chi connectivity index (χ3v) is 16.6. The van der Waals surface area contributed by atoms with Crippen LogP contribution in [0.2, 0.25) is 0 Å². The monoisotopic (exact) mass is 970 g/mol. The van der Waals surface area contributed by atoms with E-state index in [1.165, 1.54) is 94.6 Å². The molecular formula is C74H67N. The minimum Gasteiger partial charge on any atom is -0.310 e. The van der Waals surface area contributed by atoms with Crippen LogP contribution in [-0.4, -0.2) is 0 Å². The SMILES string of the molecule is CC(C)(C)c1ccc(C2(c3ccccc3)c3ccccc3-c3ccc(N(c4ccc5c(c4)C(c4ccc(C(C)(C)C)cc4)(c4ccc(C(C)(C)C)cc4)c4ccccc4-5)c4ccccc4-c4ccccc4)cc32)cc1. The molecule has 0 fully saturated rings. The maximum Gasteiger partial charge on any atom is 0.0714 e. The Kier molecular flexibility index (Phi) is 11.4. The molecule has 12 rings (SSSR count). The molecular weight excluding hydrogens is 903 g/mol. The molecule has 2 aliphatic carbocycles. The van der Waals surface area contributed by atoms with Crippen LogP contribution in [0.3, 0.4) is 0 Å². The Morgan fingerprint density at radius 1 is 0.267 bits per heavy atom. The van der Waals surface area contributed by atoms with Gasteiger partial charge in [-0.1, -0.05) is 275 Å². The van der Waals surface area contributed by atoms with Crippen molar-refractivity contribution in [3.05, 3.63) is 304 Å². The van der Waals surface area contributed by atoms with Gasteiger partial charge < -0.3 is 4.90 Å². The maximum atomic E-state index is 2.55. The Balaban J connectivity index is 1.15. The molecule has 0 aliphatic heterocycles. The first-order valence-electron chi connectivity index (χ1n) is 26.9. The zero-order valence-electron chi connectivity index (χ0n) is 45.0. The Morgan fingerprint density at radius 3 is 0.987 bits per heavy atom. The highest BCUT2D eigenvalue weighted by molar-refractivity contribution is 5.95. The molecule has 1 atom stereocenters. The van der Waals surface area contributed by atoms with E-state index < -0.39 is 10.8 Å². The quantitative estimate of drug-likeness (QED) is 0.147. The van der Waals surface area contributed by atoms with E-state index in [1.807, 2.05) is 0 Å². The van der Waals surface area contributed by atoms with Crippen LogP contribution in [0.5, 0.6) is 0 Å². The van der Waals surface area contributed by atoms with Crippen LogP contribution in [0.25, 0.3) is 33.4 Å². The van der Waals surface area contributed by atoms with Crippen molar-refractivity contribution < 1.29 is 0 Å². The predicted molar refractivity (Wildman–Crippen MR) is 317 cm³/mol. The predicted octanol–water partition coefficient (Wildman–Crippen LogP) is 19.4. The van der Waals surface area contributed by atoms with E-state index in [9.17, 15) is 0 Å². The number of para-hydroxylation sites is 1. The first-order chi connectivity index (χ1) is 36.1. The Morgan fingerprint density at radius 2 is 0.587 bits per heavy atom. The van der Waals surface area contributed by atoms with Crippen LogP contribution in [0.15, 0.2) is 243 Å². The molecule has 0 saturated heterocycles. The third-order valence-electron chi connectivity index (χ3n) is 16.6. The highest BCUT2D eigenvalue weighted by Gasteiger charge is 2.48. The van der Waals surface area contributed by atoms with E-state index in [1.54, 1.807) is 0 Å². The highest BCUT2D eigenvalue weighted by Crippen LogP contribution is 2.60. The second-order valence-electron chi connectivity index (χ2n) is 24.1. The summed E-state index contributed by atoms with van der Waals surface area (Å²) >= 11 is 0. The second kappa shape index (κ2) is 17.8. The fraction of sp³-hybridized carbons (Fsp3) is 0.189. The van der Waals surface area contributed by atoms with Crippen molar-refractivity contribution >= 4 is 17.1 Å². The lowest BCUT2D eigenvalue weighted by Crippen LogP contribution is -2.29. The molecule has 0 aromatic heterocycles. The summed E-state index contributed by atoms with van der Waals surface area (Å²) in [6.07, 6.45) is 0. The van der Waals surface area contributed by atoms with Gasteiger partial charge in [0.05, 0.1) is 16.5 Å². The van der Waals surface area contributed by atoms with Crippen LogP contribution in [0.4, 0.5) is 17.1 Å². The van der Waals surface area contributed by atoms with Crippen molar-refractivity contribution in [2.45, 2.75) is 89.4 Å². The van der Waals surface area contributed by atoms with E-state index in [4.69, 9.17) is 0 Å². The number of rotatable bonds is 8. The maximum absolute atomic E-state index is 2.55. The average molecular weight is 970 g/mol. The summed E-state index contributed by atoms with van der Waals surface area (Å²) in [5.41, 5.74) is 23.7. The minimum atomic E-state index is -0.610. The van der Waals surface area contributed by atoms with Crippen LogP contribution >= 0.6 is 0 Å². The summed E-state index contributed by atoms with van der Waals surface area (Å²) in [5.74, 6) is 0. The van der Waals surface area contributed by atoms with Gasteiger partial charge in [0.2, 0.25) is 0 Å². The molecule has 0 radical (unpaired) electrons. The van der Waals surface area contributed by atoms with Gasteiger partial charge in [-0.15, -0.1) is 0 Å². The molecule has 75 heavy (non-hydrogen) atoms. The molecule has 2 aliphatic rings. The number of benzene rings is 10. The lowest BCUT2D eigenvalue weighted by molar-refractivity contribution is 0.588. The highest BCUT2D eigenvalue weighted by atomic mass is 15.1. The molecule has 1 heteroatoms. The Labute approximate surface area is 446 Å². The Hall–Kier alpha value is -8.00. The van der Waals surface area contributed by atoms with Gasteiger partial charge in [0, 0.05) is 16.9 Å². The van der Waals surface area contributed by atoms with Crippen molar-refractivity contribution in [2.24, 2.45) is 0 Å². The van der Waals surface area contributed by atoms with Crippen molar-refractivity contribution in [3.63, 3.8) is 0 Å². The van der Waals surface area contributed by atoms with Crippen LogP contribution < -0.4 is 4.90 Å². The molecule has 0 bridgehead atoms. The number of nitrogens with zero attached hydrogens (tertiary/aromatic N) is 1. The van der Waals surface area contributed by atoms with Crippen LogP contribution in [0.1, 0.15) is 124 Å². The van der Waals surface area contributed by atoms with Gasteiger partial charge in [-0.3, -0.25) is 0 Å². The lowest BCUT2D eigenvalue weighted by atomic mass is 9.66. The van der Waals surface area contributed by atoms with Gasteiger partial charge in [0.15, 0.2) is 0 Å². The Bertz CT molecular complexity index is 3670. The number of hydrogen-bond donors (Lipinski definition) is 0. The molecule has 0 N–H and O–H groups in total. The minimum absolute atomic E-state index is 0.0105. The summed E-state index contributed by atoms with van der Waals surface area (Å²) < 4.78 is 0. The number of hydrogen-bond acceptors (Lipinski definition) is 1. The topological polar surface area (TPSA) is 3.24 Å². The molecule has 1 unspecified atom stereocenters. The number of fused-ring (bicyclic) bond motifs is 6. The van der Waals surface area contributed by atoms with Crippen molar-refractivity contribution in [3.8, 4) is 33.4 Å². The first kappa shape index (κ1) is 48.0. The van der Waals surface area contributed by atoms with Crippen LogP contribution in [-0.2, 0) is 27.1 Å². The smallest absolute Gasteiger partial charge is 0.0714 e. The molecule has 0 heterocycles. The molecule has 1 nitrogen and oxygen atoms in total. The lowest BCUT2D eigenvalue weighted by Gasteiger charge is -2.36. The normalized spacial score (nSPS) is 15.4. The van der Waals surface area contributed by atoms with E-state index >= 15 is 0 Å².